The van der Waals surface area contributed by atoms with Gasteiger partial charge in [-0.05, 0) is 49.7 Å². The molecule has 0 aromatic carbocycles. The lowest BCUT2D eigenvalue weighted by molar-refractivity contribution is 0.396. The highest BCUT2D eigenvalue weighted by molar-refractivity contribution is 5.16. The zero-order valence-electron chi connectivity index (χ0n) is 8.57. The molecule has 0 saturated heterocycles. The van der Waals surface area contributed by atoms with E-state index in [9.17, 15) is 0 Å². The van der Waals surface area contributed by atoms with Crippen molar-refractivity contribution in [1.82, 2.24) is 0 Å². The Morgan fingerprint density at radius 2 is 2.07 bits per heavy atom. The Labute approximate surface area is 84.5 Å². The SMILES string of the molecule is Cc1ccc(C(N)C2C3CCCC32)o1. The van der Waals surface area contributed by atoms with Crippen molar-refractivity contribution >= 4 is 0 Å². The molecule has 0 radical (unpaired) electrons. The standard InChI is InChI=1S/C12H17NO/c1-7-5-6-10(14-7)12(13)11-8-3-2-4-9(8)11/h5-6,8-9,11-12H,2-4,13H2,1H3. The highest BCUT2D eigenvalue weighted by Crippen LogP contribution is 2.61. The molecule has 76 valence electrons. The predicted octanol–water partition coefficient (Wildman–Crippen LogP) is 2.63. The molecule has 14 heavy (non-hydrogen) atoms. The van der Waals surface area contributed by atoms with Crippen LogP contribution >= 0.6 is 0 Å². The summed E-state index contributed by atoms with van der Waals surface area (Å²) in [6, 6.07) is 4.19. The maximum atomic E-state index is 6.21. The summed E-state index contributed by atoms with van der Waals surface area (Å²) in [7, 11) is 0. The molecule has 1 heterocycles. The molecule has 2 saturated carbocycles. The molecule has 0 bridgehead atoms. The van der Waals surface area contributed by atoms with Crippen LogP contribution in [0.2, 0.25) is 0 Å². The monoisotopic (exact) mass is 191 g/mol. The minimum absolute atomic E-state index is 0.152. The van der Waals surface area contributed by atoms with Crippen LogP contribution in [-0.2, 0) is 0 Å². The second-order valence-corrected chi connectivity index (χ2v) is 4.81. The van der Waals surface area contributed by atoms with Crippen LogP contribution in [0.4, 0.5) is 0 Å². The van der Waals surface area contributed by atoms with E-state index >= 15 is 0 Å². The van der Waals surface area contributed by atoms with Crippen LogP contribution in [0.5, 0.6) is 0 Å². The van der Waals surface area contributed by atoms with Crippen molar-refractivity contribution in [3.8, 4) is 0 Å². The van der Waals surface area contributed by atoms with Crippen molar-refractivity contribution in [2.45, 2.75) is 32.2 Å². The van der Waals surface area contributed by atoms with Crippen LogP contribution in [0.15, 0.2) is 16.5 Å². The van der Waals surface area contributed by atoms with Crippen molar-refractivity contribution in [3.63, 3.8) is 0 Å². The van der Waals surface area contributed by atoms with Crippen LogP contribution in [0.25, 0.3) is 0 Å². The minimum atomic E-state index is 0.152. The van der Waals surface area contributed by atoms with E-state index in [-0.39, 0.29) is 6.04 Å². The first-order valence-electron chi connectivity index (χ1n) is 5.59. The van der Waals surface area contributed by atoms with Crippen LogP contribution in [0.3, 0.4) is 0 Å². The van der Waals surface area contributed by atoms with E-state index in [0.717, 1.165) is 23.4 Å². The van der Waals surface area contributed by atoms with Crippen LogP contribution in [0.1, 0.15) is 36.8 Å². The fraction of sp³-hybridized carbons (Fsp3) is 0.667. The Balaban J connectivity index is 1.75. The molecule has 2 heteroatoms. The number of furan rings is 1. The molecule has 2 aliphatic rings. The van der Waals surface area contributed by atoms with Crippen molar-refractivity contribution < 1.29 is 4.42 Å². The molecule has 2 N–H and O–H groups in total. The highest BCUT2D eigenvalue weighted by Gasteiger charge is 2.55. The van der Waals surface area contributed by atoms with Gasteiger partial charge in [0.15, 0.2) is 0 Å². The van der Waals surface area contributed by atoms with Gasteiger partial charge >= 0.3 is 0 Å². The number of rotatable bonds is 2. The number of aryl methyl sites for hydroxylation is 1. The molecule has 0 aliphatic heterocycles. The van der Waals surface area contributed by atoms with Gasteiger partial charge in [0.25, 0.3) is 0 Å². The largest absolute Gasteiger partial charge is 0.465 e. The summed E-state index contributed by atoms with van der Waals surface area (Å²) in [4.78, 5) is 0. The summed E-state index contributed by atoms with van der Waals surface area (Å²) in [5, 5.41) is 0. The number of fused-ring (bicyclic) bond motifs is 1. The maximum absolute atomic E-state index is 6.21. The molecule has 0 spiro atoms. The molecule has 1 aromatic rings. The van der Waals surface area contributed by atoms with E-state index in [1.54, 1.807) is 0 Å². The number of hydrogen-bond donors (Lipinski definition) is 1. The quantitative estimate of drug-likeness (QED) is 0.780. The minimum Gasteiger partial charge on any atom is -0.465 e. The highest BCUT2D eigenvalue weighted by atomic mass is 16.3. The Hall–Kier alpha value is -0.760. The molecule has 3 unspecified atom stereocenters. The average molecular weight is 191 g/mol. The molecule has 3 rings (SSSR count). The first-order chi connectivity index (χ1) is 6.77. The Morgan fingerprint density at radius 1 is 1.36 bits per heavy atom. The first kappa shape index (κ1) is 8.54. The molecule has 2 aliphatic carbocycles. The Bertz CT molecular complexity index is 334. The summed E-state index contributed by atoms with van der Waals surface area (Å²) in [5.41, 5.74) is 6.21. The van der Waals surface area contributed by atoms with E-state index in [1.807, 2.05) is 19.1 Å². The zero-order valence-corrected chi connectivity index (χ0v) is 8.57. The number of hydrogen-bond acceptors (Lipinski definition) is 2. The normalized spacial score (nSPS) is 36.9. The summed E-state index contributed by atoms with van der Waals surface area (Å²) in [5.74, 6) is 4.50. The molecule has 3 atom stereocenters. The van der Waals surface area contributed by atoms with Gasteiger partial charge in [-0.25, -0.2) is 0 Å². The topological polar surface area (TPSA) is 39.2 Å². The second-order valence-electron chi connectivity index (χ2n) is 4.81. The summed E-state index contributed by atoms with van der Waals surface area (Å²) in [6.45, 7) is 1.98. The van der Waals surface area contributed by atoms with E-state index in [1.165, 1.54) is 19.3 Å². The van der Waals surface area contributed by atoms with E-state index in [0.29, 0.717) is 5.92 Å². The maximum Gasteiger partial charge on any atom is 0.121 e. The van der Waals surface area contributed by atoms with Crippen LogP contribution < -0.4 is 5.73 Å². The molecular formula is C12H17NO. The number of nitrogens with two attached hydrogens (primary N) is 1. The fourth-order valence-corrected chi connectivity index (χ4v) is 3.23. The molecule has 0 amide bonds. The lowest BCUT2D eigenvalue weighted by Gasteiger charge is -2.10. The van der Waals surface area contributed by atoms with E-state index in [2.05, 4.69) is 0 Å². The van der Waals surface area contributed by atoms with E-state index < -0.39 is 0 Å². The second kappa shape index (κ2) is 2.86. The third kappa shape index (κ3) is 1.13. The molecule has 2 nitrogen and oxygen atoms in total. The van der Waals surface area contributed by atoms with Crippen LogP contribution in [0, 0.1) is 24.7 Å². The van der Waals surface area contributed by atoms with E-state index in [4.69, 9.17) is 10.2 Å². The van der Waals surface area contributed by atoms with Gasteiger partial charge in [0.1, 0.15) is 11.5 Å². The Morgan fingerprint density at radius 3 is 2.64 bits per heavy atom. The summed E-state index contributed by atoms with van der Waals surface area (Å²) in [6.07, 6.45) is 4.20. The zero-order chi connectivity index (χ0) is 9.71. The first-order valence-corrected chi connectivity index (χ1v) is 5.59. The summed E-state index contributed by atoms with van der Waals surface area (Å²) < 4.78 is 5.59. The van der Waals surface area contributed by atoms with Crippen molar-refractivity contribution in [3.05, 3.63) is 23.7 Å². The van der Waals surface area contributed by atoms with Gasteiger partial charge in [-0.1, -0.05) is 6.42 Å². The molecule has 1 aromatic heterocycles. The van der Waals surface area contributed by atoms with Crippen LogP contribution in [-0.4, -0.2) is 0 Å². The summed E-state index contributed by atoms with van der Waals surface area (Å²) >= 11 is 0. The molecule has 2 fully saturated rings. The van der Waals surface area contributed by atoms with Crippen molar-refractivity contribution in [2.24, 2.45) is 23.5 Å². The average Bonchev–Trinajstić information content (AvgIpc) is 2.56. The lowest BCUT2D eigenvalue weighted by atomic mass is 10.0. The Kier molecular flexibility index (Phi) is 1.75. The smallest absolute Gasteiger partial charge is 0.121 e. The van der Waals surface area contributed by atoms with Gasteiger partial charge in [0.2, 0.25) is 0 Å². The molecular weight excluding hydrogens is 174 g/mol. The van der Waals surface area contributed by atoms with Gasteiger partial charge in [-0.15, -0.1) is 0 Å². The van der Waals surface area contributed by atoms with Gasteiger partial charge in [0.05, 0.1) is 6.04 Å². The van der Waals surface area contributed by atoms with Crippen molar-refractivity contribution in [1.29, 1.82) is 0 Å². The lowest BCUT2D eigenvalue weighted by Crippen LogP contribution is -2.14. The fourth-order valence-electron chi connectivity index (χ4n) is 3.23. The van der Waals surface area contributed by atoms with Gasteiger partial charge in [0, 0.05) is 0 Å². The van der Waals surface area contributed by atoms with Crippen molar-refractivity contribution in [2.75, 3.05) is 0 Å². The predicted molar refractivity (Wildman–Crippen MR) is 54.7 cm³/mol. The van der Waals surface area contributed by atoms with Gasteiger partial charge < -0.3 is 10.2 Å². The van der Waals surface area contributed by atoms with Gasteiger partial charge in [-0.2, -0.15) is 0 Å². The third-order valence-corrected chi connectivity index (χ3v) is 3.98. The van der Waals surface area contributed by atoms with Gasteiger partial charge in [-0.3, -0.25) is 0 Å². The third-order valence-electron chi connectivity index (χ3n) is 3.98.